The Morgan fingerprint density at radius 3 is 2.22 bits per heavy atom. The minimum absolute atomic E-state index is 0.255. The second kappa shape index (κ2) is 3.63. The lowest BCUT2D eigenvalue weighted by Gasteiger charge is -2.22. The van der Waals surface area contributed by atoms with Gasteiger partial charge >= 0.3 is 0 Å². The van der Waals surface area contributed by atoms with Crippen LogP contribution in [-0.4, -0.2) is 23.2 Å². The summed E-state index contributed by atoms with van der Waals surface area (Å²) < 4.78 is 0. The normalized spacial score (nSPS) is 9.44. The van der Waals surface area contributed by atoms with Gasteiger partial charge in [0.25, 0.3) is 0 Å². The maximum Gasteiger partial charge on any atom is 0.183 e. The Bertz CT molecular complexity index is 102. The first-order valence-corrected chi connectivity index (χ1v) is 3.26. The van der Waals surface area contributed by atoms with Crippen LogP contribution < -0.4 is 11.2 Å². The van der Waals surface area contributed by atoms with E-state index in [0.717, 1.165) is 0 Å². The largest absolute Gasteiger partial charge is 0.365 e. The van der Waals surface area contributed by atoms with Gasteiger partial charge in [-0.3, -0.25) is 5.01 Å². The lowest BCUT2D eigenvalue weighted by atomic mass is 10.4. The highest BCUT2D eigenvalue weighted by Gasteiger charge is 2.04. The molecule has 0 fully saturated rings. The van der Waals surface area contributed by atoms with Gasteiger partial charge in [0.2, 0.25) is 0 Å². The summed E-state index contributed by atoms with van der Waals surface area (Å²) >= 11 is 4.84. The molecule has 0 radical (unpaired) electrons. The summed E-state index contributed by atoms with van der Waals surface area (Å²) in [5, 5.41) is 4.86. The molecule has 0 rings (SSSR count). The van der Waals surface area contributed by atoms with Crippen molar-refractivity contribution in [3.8, 4) is 0 Å². The lowest BCUT2D eigenvalue weighted by molar-refractivity contribution is 0.360. The van der Waals surface area contributed by atoms with Crippen LogP contribution in [0.25, 0.3) is 0 Å². The van der Waals surface area contributed by atoms with Gasteiger partial charge in [0.05, 0.1) is 0 Å². The number of nitrogens with one attached hydrogen (secondary N) is 1. The van der Waals surface area contributed by atoms with Gasteiger partial charge in [0.15, 0.2) is 5.11 Å². The molecule has 0 aromatic heterocycles. The molecule has 0 saturated carbocycles. The van der Waals surface area contributed by atoms with Gasteiger partial charge in [0, 0.05) is 13.1 Å². The molecule has 3 nitrogen and oxygen atoms in total. The summed E-state index contributed by atoms with van der Waals surface area (Å²) in [6, 6.07) is 0.255. The number of thiocarbonyl (C=S) groups is 1. The predicted octanol–water partition coefficient (Wildman–Crippen LogP) is 0.0748. The molecule has 0 aromatic carbocycles. The topological polar surface area (TPSA) is 41.3 Å². The SMILES string of the molecule is CNC(=S)N(N)C(C)C. The van der Waals surface area contributed by atoms with Crippen molar-refractivity contribution in [3.05, 3.63) is 0 Å². The first-order chi connectivity index (χ1) is 4.09. The Morgan fingerprint density at radius 1 is 1.67 bits per heavy atom. The van der Waals surface area contributed by atoms with Crippen LogP contribution in [-0.2, 0) is 0 Å². The predicted molar refractivity (Wildman–Crippen MR) is 42.8 cm³/mol. The fraction of sp³-hybridized carbons (Fsp3) is 0.800. The van der Waals surface area contributed by atoms with E-state index in [9.17, 15) is 0 Å². The van der Waals surface area contributed by atoms with Crippen LogP contribution in [0.2, 0.25) is 0 Å². The zero-order valence-electron chi connectivity index (χ0n) is 6.01. The van der Waals surface area contributed by atoms with Gasteiger partial charge in [-0.15, -0.1) is 0 Å². The first kappa shape index (κ1) is 8.65. The van der Waals surface area contributed by atoms with Crippen molar-refractivity contribution < 1.29 is 0 Å². The molecule has 4 heteroatoms. The highest BCUT2D eigenvalue weighted by molar-refractivity contribution is 7.80. The summed E-state index contributed by atoms with van der Waals surface area (Å²) in [6.45, 7) is 3.95. The molecule has 54 valence electrons. The molecule has 3 N–H and O–H groups in total. The quantitative estimate of drug-likeness (QED) is 0.313. The highest BCUT2D eigenvalue weighted by Crippen LogP contribution is 1.88. The van der Waals surface area contributed by atoms with E-state index in [0.29, 0.717) is 5.11 Å². The standard InChI is InChI=1S/C5H13N3S/c1-4(2)8(6)5(9)7-3/h4H,6H2,1-3H3,(H,7,9). The molecule has 0 saturated heterocycles. The van der Waals surface area contributed by atoms with E-state index in [1.807, 2.05) is 13.8 Å². The molecule has 0 aliphatic carbocycles. The van der Waals surface area contributed by atoms with E-state index >= 15 is 0 Å². The molecule has 0 unspecified atom stereocenters. The van der Waals surface area contributed by atoms with Gasteiger partial charge in [-0.1, -0.05) is 0 Å². The van der Waals surface area contributed by atoms with E-state index in [1.165, 1.54) is 5.01 Å². The molecule has 0 bridgehead atoms. The van der Waals surface area contributed by atoms with Crippen LogP contribution in [0, 0.1) is 0 Å². The van der Waals surface area contributed by atoms with E-state index in [2.05, 4.69) is 5.32 Å². The number of hydrogen-bond acceptors (Lipinski definition) is 2. The third-order valence-corrected chi connectivity index (χ3v) is 1.42. The van der Waals surface area contributed by atoms with Gasteiger partial charge < -0.3 is 5.32 Å². The Morgan fingerprint density at radius 2 is 2.11 bits per heavy atom. The van der Waals surface area contributed by atoms with Gasteiger partial charge in [-0.05, 0) is 26.1 Å². The third-order valence-electron chi connectivity index (χ3n) is 1.00. The fourth-order valence-electron chi connectivity index (χ4n) is 0.364. The van der Waals surface area contributed by atoms with E-state index < -0.39 is 0 Å². The molecule has 0 aliphatic rings. The Kier molecular flexibility index (Phi) is 3.49. The molecular weight excluding hydrogens is 134 g/mol. The van der Waals surface area contributed by atoms with Crippen LogP contribution in [0.5, 0.6) is 0 Å². The molecule has 0 spiro atoms. The Labute approximate surface area is 61.2 Å². The minimum atomic E-state index is 0.255. The summed E-state index contributed by atoms with van der Waals surface area (Å²) in [5.41, 5.74) is 0. The second-order valence-corrected chi connectivity index (χ2v) is 2.44. The molecule has 9 heavy (non-hydrogen) atoms. The average Bonchev–Trinajstić information content (AvgIpc) is 1.84. The highest BCUT2D eigenvalue weighted by atomic mass is 32.1. The van der Waals surface area contributed by atoms with Crippen LogP contribution in [0.15, 0.2) is 0 Å². The van der Waals surface area contributed by atoms with Gasteiger partial charge in [0.1, 0.15) is 0 Å². The van der Waals surface area contributed by atoms with Gasteiger partial charge in [-0.25, -0.2) is 5.84 Å². The van der Waals surface area contributed by atoms with E-state index in [4.69, 9.17) is 18.1 Å². The van der Waals surface area contributed by atoms with Crippen molar-refractivity contribution in [3.63, 3.8) is 0 Å². The molecule has 0 amide bonds. The molecule has 0 aliphatic heterocycles. The van der Waals surface area contributed by atoms with Gasteiger partial charge in [-0.2, -0.15) is 0 Å². The number of rotatable bonds is 1. The van der Waals surface area contributed by atoms with Crippen molar-refractivity contribution in [2.75, 3.05) is 7.05 Å². The number of hydrogen-bond donors (Lipinski definition) is 2. The maximum absolute atomic E-state index is 5.50. The van der Waals surface area contributed by atoms with Crippen molar-refractivity contribution in [1.82, 2.24) is 10.3 Å². The smallest absolute Gasteiger partial charge is 0.183 e. The summed E-state index contributed by atoms with van der Waals surface area (Å²) in [5.74, 6) is 5.50. The Hall–Kier alpha value is -0.350. The first-order valence-electron chi connectivity index (χ1n) is 2.85. The summed E-state index contributed by atoms with van der Waals surface area (Å²) in [6.07, 6.45) is 0. The zero-order valence-corrected chi connectivity index (χ0v) is 6.83. The lowest BCUT2D eigenvalue weighted by Crippen LogP contribution is -2.47. The Balaban J connectivity index is 3.72. The molecule has 0 atom stereocenters. The minimum Gasteiger partial charge on any atom is -0.365 e. The van der Waals surface area contributed by atoms with Crippen molar-refractivity contribution in [2.24, 2.45) is 5.84 Å². The maximum atomic E-state index is 5.50. The van der Waals surface area contributed by atoms with Crippen molar-refractivity contribution >= 4 is 17.3 Å². The monoisotopic (exact) mass is 147 g/mol. The number of nitrogens with two attached hydrogens (primary N) is 1. The van der Waals surface area contributed by atoms with E-state index in [-0.39, 0.29) is 6.04 Å². The summed E-state index contributed by atoms with van der Waals surface area (Å²) in [4.78, 5) is 0. The van der Waals surface area contributed by atoms with E-state index in [1.54, 1.807) is 7.05 Å². The second-order valence-electron chi connectivity index (χ2n) is 2.06. The average molecular weight is 147 g/mol. The van der Waals surface area contributed by atoms with Crippen LogP contribution >= 0.6 is 12.2 Å². The third kappa shape index (κ3) is 2.62. The number of nitrogens with zero attached hydrogens (tertiary/aromatic N) is 1. The van der Waals surface area contributed by atoms with Crippen LogP contribution in [0.4, 0.5) is 0 Å². The van der Waals surface area contributed by atoms with Crippen LogP contribution in [0.3, 0.4) is 0 Å². The molecule has 0 aromatic rings. The van der Waals surface area contributed by atoms with Crippen molar-refractivity contribution in [2.45, 2.75) is 19.9 Å². The molecular formula is C5H13N3S. The van der Waals surface area contributed by atoms with Crippen molar-refractivity contribution in [1.29, 1.82) is 0 Å². The number of hydrazine groups is 1. The molecule has 0 heterocycles. The zero-order chi connectivity index (χ0) is 7.44. The van der Waals surface area contributed by atoms with Crippen LogP contribution in [0.1, 0.15) is 13.8 Å². The fourth-order valence-corrected chi connectivity index (χ4v) is 0.574. The summed E-state index contributed by atoms with van der Waals surface area (Å²) in [7, 11) is 1.75.